The SMILES string of the molecule is CC(=O)N1CCN(C(=O)c2nc(C(F)(F)F)c3n2C(C(=O)CC(N)Cc2cc(F)c(F)cc2F)CNC3)CC1. The smallest absolute Gasteiger partial charge is 0.339 e. The number of alkyl halides is 3. The van der Waals surface area contributed by atoms with E-state index in [1.54, 1.807) is 0 Å². The highest BCUT2D eigenvalue weighted by Crippen LogP contribution is 2.35. The Labute approximate surface area is 218 Å². The lowest BCUT2D eigenvalue weighted by molar-refractivity contribution is -0.142. The lowest BCUT2D eigenvalue weighted by atomic mass is 9.97. The molecule has 0 saturated carbocycles. The summed E-state index contributed by atoms with van der Waals surface area (Å²) in [5.74, 6) is -5.97. The molecule has 2 unspecified atom stereocenters. The molecule has 15 heteroatoms. The molecule has 0 radical (unpaired) electrons. The number of carbonyl (C=O) groups excluding carboxylic acids is 3. The zero-order valence-electron chi connectivity index (χ0n) is 20.8. The van der Waals surface area contributed by atoms with Gasteiger partial charge in [0.05, 0.1) is 5.69 Å². The molecule has 3 N–H and O–H groups in total. The molecule has 2 amide bonds. The number of hydrogen-bond acceptors (Lipinski definition) is 6. The quantitative estimate of drug-likeness (QED) is 0.412. The summed E-state index contributed by atoms with van der Waals surface area (Å²) in [5.41, 5.74) is 4.03. The molecule has 1 aromatic carbocycles. The summed E-state index contributed by atoms with van der Waals surface area (Å²) >= 11 is 0. The minimum atomic E-state index is -4.91. The van der Waals surface area contributed by atoms with Gasteiger partial charge in [-0.2, -0.15) is 13.2 Å². The number of fused-ring (bicyclic) bond motifs is 1. The maximum absolute atomic E-state index is 14.0. The summed E-state index contributed by atoms with van der Waals surface area (Å²) in [6.45, 7) is 1.48. The number of rotatable bonds is 6. The van der Waals surface area contributed by atoms with Gasteiger partial charge >= 0.3 is 6.18 Å². The summed E-state index contributed by atoms with van der Waals surface area (Å²) in [6.07, 6.45) is -5.70. The average molecular weight is 560 g/mol. The lowest BCUT2D eigenvalue weighted by Gasteiger charge is -2.35. The Morgan fingerprint density at radius 2 is 1.67 bits per heavy atom. The van der Waals surface area contributed by atoms with E-state index in [1.165, 1.54) is 16.7 Å². The Balaban J connectivity index is 1.60. The molecule has 0 spiro atoms. The van der Waals surface area contributed by atoms with Crippen LogP contribution in [0, 0.1) is 17.5 Å². The fourth-order valence-electron chi connectivity index (χ4n) is 4.86. The highest BCUT2D eigenvalue weighted by atomic mass is 19.4. The number of aromatic nitrogens is 2. The average Bonchev–Trinajstić information content (AvgIpc) is 3.27. The predicted molar refractivity (Wildman–Crippen MR) is 124 cm³/mol. The van der Waals surface area contributed by atoms with E-state index in [2.05, 4.69) is 10.3 Å². The Morgan fingerprint density at radius 1 is 1.05 bits per heavy atom. The highest BCUT2D eigenvalue weighted by Gasteiger charge is 2.44. The number of carbonyl (C=O) groups is 3. The Morgan fingerprint density at radius 3 is 2.28 bits per heavy atom. The number of ketones is 1. The Bertz CT molecular complexity index is 1290. The van der Waals surface area contributed by atoms with E-state index in [1.807, 2.05) is 0 Å². The number of nitrogens with two attached hydrogens (primary N) is 1. The van der Waals surface area contributed by atoms with Crippen LogP contribution in [0.25, 0.3) is 0 Å². The van der Waals surface area contributed by atoms with Crippen molar-refractivity contribution >= 4 is 17.6 Å². The van der Waals surface area contributed by atoms with Crippen molar-refractivity contribution in [1.29, 1.82) is 0 Å². The minimum absolute atomic E-state index is 0.0729. The summed E-state index contributed by atoms with van der Waals surface area (Å²) in [5, 5.41) is 2.74. The van der Waals surface area contributed by atoms with Gasteiger partial charge in [0.25, 0.3) is 5.91 Å². The summed E-state index contributed by atoms with van der Waals surface area (Å²) in [7, 11) is 0. The van der Waals surface area contributed by atoms with E-state index >= 15 is 0 Å². The second-order valence-corrected chi connectivity index (χ2v) is 9.54. The van der Waals surface area contributed by atoms with Crippen molar-refractivity contribution in [2.75, 3.05) is 32.7 Å². The third-order valence-corrected chi connectivity index (χ3v) is 6.83. The molecule has 3 heterocycles. The Kier molecular flexibility index (Phi) is 8.02. The van der Waals surface area contributed by atoms with Crippen LogP contribution in [0.1, 0.15) is 47.0 Å². The first-order valence-corrected chi connectivity index (χ1v) is 12.1. The fraction of sp³-hybridized carbons (Fsp3) is 0.500. The van der Waals surface area contributed by atoms with Gasteiger partial charge in [-0.3, -0.25) is 14.4 Å². The molecule has 39 heavy (non-hydrogen) atoms. The number of benzene rings is 1. The van der Waals surface area contributed by atoms with Crippen LogP contribution >= 0.6 is 0 Å². The van der Waals surface area contributed by atoms with Crippen LogP contribution in [0.2, 0.25) is 0 Å². The zero-order valence-corrected chi connectivity index (χ0v) is 20.8. The van der Waals surface area contributed by atoms with Gasteiger partial charge in [-0.05, 0) is 18.1 Å². The monoisotopic (exact) mass is 560 g/mol. The molecular formula is C24H26F6N6O3. The maximum atomic E-state index is 14.0. The molecule has 1 aromatic heterocycles. The van der Waals surface area contributed by atoms with E-state index in [-0.39, 0.29) is 57.2 Å². The predicted octanol–water partition coefficient (Wildman–Crippen LogP) is 1.80. The normalized spacial score (nSPS) is 18.6. The van der Waals surface area contributed by atoms with Crippen molar-refractivity contribution in [2.45, 2.75) is 44.6 Å². The van der Waals surface area contributed by atoms with Crippen molar-refractivity contribution in [2.24, 2.45) is 5.73 Å². The van der Waals surface area contributed by atoms with Gasteiger partial charge < -0.3 is 25.4 Å². The first-order chi connectivity index (χ1) is 18.3. The number of Topliss-reactive ketones (excluding diaryl/α,β-unsaturated/α-hetero) is 1. The molecule has 0 bridgehead atoms. The van der Waals surface area contributed by atoms with Gasteiger partial charge in [0.1, 0.15) is 11.9 Å². The molecule has 1 fully saturated rings. The lowest BCUT2D eigenvalue weighted by Crippen LogP contribution is -2.51. The number of hydrogen-bond donors (Lipinski definition) is 2. The number of amides is 2. The van der Waals surface area contributed by atoms with Crippen LogP contribution in [0.15, 0.2) is 12.1 Å². The van der Waals surface area contributed by atoms with E-state index in [0.717, 1.165) is 4.57 Å². The van der Waals surface area contributed by atoms with Gasteiger partial charge in [-0.1, -0.05) is 0 Å². The topological polar surface area (TPSA) is 114 Å². The van der Waals surface area contributed by atoms with Crippen molar-refractivity contribution in [1.82, 2.24) is 24.7 Å². The van der Waals surface area contributed by atoms with Crippen LogP contribution in [-0.2, 0) is 28.7 Å². The van der Waals surface area contributed by atoms with Crippen LogP contribution in [0.5, 0.6) is 0 Å². The summed E-state index contributed by atoms with van der Waals surface area (Å²) in [4.78, 5) is 44.6. The van der Waals surface area contributed by atoms with Crippen molar-refractivity contribution < 1.29 is 40.7 Å². The van der Waals surface area contributed by atoms with Gasteiger partial charge in [-0.15, -0.1) is 0 Å². The number of piperazine rings is 1. The van der Waals surface area contributed by atoms with Crippen LogP contribution in [0.4, 0.5) is 26.3 Å². The second kappa shape index (κ2) is 11.0. The van der Waals surface area contributed by atoms with Gasteiger partial charge in [0.2, 0.25) is 11.7 Å². The standard InChI is InChI=1S/C24H26F6N6O3/c1-12(37)34-2-4-35(5-3-34)23(39)22-33-21(24(28,29)30)19-11-32-10-18(36(19)22)20(38)8-14(31)6-13-7-16(26)17(27)9-15(13)25/h7,9,14,18,32H,2-6,8,10-11,31H2,1H3. The third kappa shape index (κ3) is 5.93. The molecule has 1 saturated heterocycles. The molecule has 2 aliphatic rings. The third-order valence-electron chi connectivity index (χ3n) is 6.83. The minimum Gasteiger partial charge on any atom is -0.339 e. The van der Waals surface area contributed by atoms with Crippen LogP contribution in [0.3, 0.4) is 0 Å². The van der Waals surface area contributed by atoms with Crippen molar-refractivity contribution in [3.05, 3.63) is 52.4 Å². The van der Waals surface area contributed by atoms with Gasteiger partial charge in [0.15, 0.2) is 23.1 Å². The van der Waals surface area contributed by atoms with E-state index in [9.17, 15) is 40.7 Å². The van der Waals surface area contributed by atoms with Crippen LogP contribution in [-0.4, -0.2) is 75.7 Å². The van der Waals surface area contributed by atoms with Crippen molar-refractivity contribution in [3.63, 3.8) is 0 Å². The Hall–Kier alpha value is -3.46. The van der Waals surface area contributed by atoms with Gasteiger partial charge in [-0.25, -0.2) is 18.2 Å². The second-order valence-electron chi connectivity index (χ2n) is 9.54. The summed E-state index contributed by atoms with van der Waals surface area (Å²) < 4.78 is 83.3. The highest BCUT2D eigenvalue weighted by molar-refractivity contribution is 5.93. The maximum Gasteiger partial charge on any atom is 0.435 e. The van der Waals surface area contributed by atoms with E-state index < -0.39 is 71.0 Å². The molecule has 2 aliphatic heterocycles. The first kappa shape index (κ1) is 28.5. The number of halogens is 6. The van der Waals surface area contributed by atoms with Crippen molar-refractivity contribution in [3.8, 4) is 0 Å². The zero-order chi connectivity index (χ0) is 28.6. The van der Waals surface area contributed by atoms with E-state index in [0.29, 0.717) is 12.1 Å². The molecule has 2 aromatic rings. The molecular weight excluding hydrogens is 534 g/mol. The molecule has 2 atom stereocenters. The fourth-order valence-corrected chi connectivity index (χ4v) is 4.86. The largest absolute Gasteiger partial charge is 0.435 e. The molecule has 212 valence electrons. The van der Waals surface area contributed by atoms with E-state index in [4.69, 9.17) is 5.73 Å². The molecule has 0 aliphatic carbocycles. The first-order valence-electron chi connectivity index (χ1n) is 12.1. The number of nitrogens with zero attached hydrogens (tertiary/aromatic N) is 4. The van der Waals surface area contributed by atoms with Gasteiger partial charge in [0, 0.05) is 64.7 Å². The molecule has 9 nitrogen and oxygen atoms in total. The number of imidazole rings is 1. The number of nitrogens with one attached hydrogen (secondary N) is 1. The molecule has 4 rings (SSSR count). The summed E-state index contributed by atoms with van der Waals surface area (Å²) in [6, 6.07) is -1.37. The van der Waals surface area contributed by atoms with Crippen LogP contribution < -0.4 is 11.1 Å².